The van der Waals surface area contributed by atoms with Crippen molar-refractivity contribution in [3.8, 4) is 0 Å². The van der Waals surface area contributed by atoms with E-state index in [1.165, 1.54) is 6.26 Å². The Morgan fingerprint density at radius 2 is 1.96 bits per heavy atom. The highest BCUT2D eigenvalue weighted by molar-refractivity contribution is 6.44. The van der Waals surface area contributed by atoms with Gasteiger partial charge in [0.05, 0.1) is 18.9 Å². The van der Waals surface area contributed by atoms with Crippen molar-refractivity contribution in [3.05, 3.63) is 24.2 Å². The smallest absolute Gasteiger partial charge is 0.335 e. The summed E-state index contributed by atoms with van der Waals surface area (Å²) in [6.45, 7) is 4.02. The standard InChI is InChI=1S/C16H21N3O6/c1-11(2)24-8-4-6-17-13(20)10-19-15(22)14(21)18(16(19)23)9-12-5-3-7-25-12/h3,5,7,11H,4,6,8-10H2,1-2H3,(H,17,20). The summed E-state index contributed by atoms with van der Waals surface area (Å²) in [5.74, 6) is -2.14. The molecule has 9 nitrogen and oxygen atoms in total. The number of nitrogens with zero attached hydrogens (tertiary/aromatic N) is 2. The summed E-state index contributed by atoms with van der Waals surface area (Å²) in [7, 11) is 0. The van der Waals surface area contributed by atoms with Crippen LogP contribution in [-0.2, 0) is 25.7 Å². The van der Waals surface area contributed by atoms with Gasteiger partial charge in [0, 0.05) is 13.2 Å². The van der Waals surface area contributed by atoms with Gasteiger partial charge in [0.25, 0.3) is 0 Å². The Kier molecular flexibility index (Phi) is 6.29. The quantitative estimate of drug-likeness (QED) is 0.394. The average molecular weight is 351 g/mol. The van der Waals surface area contributed by atoms with Crippen LogP contribution in [0.4, 0.5) is 4.79 Å². The first-order valence-electron chi connectivity index (χ1n) is 7.98. The molecule has 0 radical (unpaired) electrons. The maximum Gasteiger partial charge on any atom is 0.335 e. The Morgan fingerprint density at radius 3 is 2.60 bits per heavy atom. The predicted molar refractivity (Wildman–Crippen MR) is 85.1 cm³/mol. The van der Waals surface area contributed by atoms with E-state index in [4.69, 9.17) is 9.15 Å². The number of hydrogen-bond donors (Lipinski definition) is 1. The number of ether oxygens (including phenoxy) is 1. The van der Waals surface area contributed by atoms with Crippen molar-refractivity contribution < 1.29 is 28.3 Å². The number of furan rings is 1. The van der Waals surface area contributed by atoms with E-state index in [-0.39, 0.29) is 12.6 Å². The second-order valence-electron chi connectivity index (χ2n) is 5.77. The van der Waals surface area contributed by atoms with Crippen molar-refractivity contribution in [1.82, 2.24) is 15.1 Å². The zero-order valence-corrected chi connectivity index (χ0v) is 14.2. The van der Waals surface area contributed by atoms with Crippen molar-refractivity contribution in [2.75, 3.05) is 19.7 Å². The maximum atomic E-state index is 12.2. The molecule has 136 valence electrons. The number of urea groups is 1. The predicted octanol–water partition coefficient (Wildman–Crippen LogP) is 0.502. The fraction of sp³-hybridized carbons (Fsp3) is 0.500. The average Bonchev–Trinajstić information content (AvgIpc) is 3.13. The van der Waals surface area contributed by atoms with Gasteiger partial charge < -0.3 is 14.5 Å². The number of carbonyl (C=O) groups excluding carboxylic acids is 4. The molecule has 2 rings (SSSR count). The number of carbonyl (C=O) groups is 4. The van der Waals surface area contributed by atoms with Gasteiger partial charge in [-0.15, -0.1) is 0 Å². The maximum absolute atomic E-state index is 12.2. The Bertz CT molecular complexity index is 640. The Balaban J connectivity index is 1.82. The lowest BCUT2D eigenvalue weighted by Gasteiger charge is -2.14. The fourth-order valence-electron chi connectivity index (χ4n) is 2.21. The molecule has 9 heteroatoms. The van der Waals surface area contributed by atoms with Crippen molar-refractivity contribution >= 4 is 23.8 Å². The van der Waals surface area contributed by atoms with Crippen LogP contribution in [0.25, 0.3) is 0 Å². The molecule has 0 aliphatic carbocycles. The molecular formula is C16H21N3O6. The van der Waals surface area contributed by atoms with Crippen LogP contribution in [0, 0.1) is 0 Å². The molecule has 1 saturated heterocycles. The van der Waals surface area contributed by atoms with Crippen LogP contribution in [0.2, 0.25) is 0 Å². The molecule has 0 unspecified atom stereocenters. The fourth-order valence-corrected chi connectivity index (χ4v) is 2.21. The van der Waals surface area contributed by atoms with Crippen LogP contribution in [0.15, 0.2) is 22.8 Å². The lowest BCUT2D eigenvalue weighted by atomic mass is 10.4. The van der Waals surface area contributed by atoms with Crippen LogP contribution < -0.4 is 5.32 Å². The monoisotopic (exact) mass is 351 g/mol. The summed E-state index contributed by atoms with van der Waals surface area (Å²) in [6, 6.07) is 2.36. The third kappa shape index (κ3) is 4.90. The molecule has 5 amide bonds. The van der Waals surface area contributed by atoms with Crippen LogP contribution in [-0.4, -0.2) is 59.4 Å². The Hall–Kier alpha value is -2.68. The molecule has 1 aliphatic heterocycles. The van der Waals surface area contributed by atoms with Gasteiger partial charge in [-0.3, -0.25) is 14.4 Å². The van der Waals surface area contributed by atoms with Gasteiger partial charge in [0.15, 0.2) is 0 Å². The second-order valence-corrected chi connectivity index (χ2v) is 5.77. The first-order valence-corrected chi connectivity index (χ1v) is 7.98. The largest absolute Gasteiger partial charge is 0.467 e. The van der Waals surface area contributed by atoms with Crippen molar-refractivity contribution in [2.24, 2.45) is 0 Å². The summed E-state index contributed by atoms with van der Waals surface area (Å²) < 4.78 is 10.4. The summed E-state index contributed by atoms with van der Waals surface area (Å²) >= 11 is 0. The van der Waals surface area contributed by atoms with E-state index in [9.17, 15) is 19.2 Å². The number of nitrogens with one attached hydrogen (secondary N) is 1. The molecule has 1 aromatic rings. The van der Waals surface area contributed by atoms with Crippen LogP contribution in [0.3, 0.4) is 0 Å². The molecule has 2 heterocycles. The molecule has 0 atom stereocenters. The third-order valence-electron chi connectivity index (χ3n) is 3.43. The van der Waals surface area contributed by atoms with Gasteiger partial charge in [-0.2, -0.15) is 0 Å². The molecule has 1 fully saturated rings. The van der Waals surface area contributed by atoms with Gasteiger partial charge in [-0.25, -0.2) is 14.6 Å². The lowest BCUT2D eigenvalue weighted by Crippen LogP contribution is -2.41. The number of amides is 5. The molecule has 1 aromatic heterocycles. The number of imide groups is 2. The van der Waals surface area contributed by atoms with Crippen molar-refractivity contribution in [3.63, 3.8) is 0 Å². The first-order chi connectivity index (χ1) is 11.9. The van der Waals surface area contributed by atoms with Gasteiger partial charge in [-0.05, 0) is 32.4 Å². The molecule has 0 saturated carbocycles. The van der Waals surface area contributed by atoms with E-state index in [0.717, 1.165) is 4.90 Å². The van der Waals surface area contributed by atoms with Gasteiger partial charge in [0.1, 0.15) is 12.3 Å². The molecule has 25 heavy (non-hydrogen) atoms. The zero-order chi connectivity index (χ0) is 18.4. The minimum Gasteiger partial charge on any atom is -0.467 e. The highest BCUT2D eigenvalue weighted by Gasteiger charge is 2.45. The van der Waals surface area contributed by atoms with E-state index < -0.39 is 30.3 Å². The summed E-state index contributed by atoms with van der Waals surface area (Å²) in [5, 5.41) is 2.59. The minimum atomic E-state index is -1.02. The SMILES string of the molecule is CC(C)OCCCNC(=O)CN1C(=O)C(=O)N(Cc2ccco2)C1=O. The van der Waals surface area contributed by atoms with Crippen LogP contribution in [0.5, 0.6) is 0 Å². The van der Waals surface area contributed by atoms with Crippen molar-refractivity contribution in [1.29, 1.82) is 0 Å². The summed E-state index contributed by atoms with van der Waals surface area (Å²) in [6.07, 6.45) is 2.12. The summed E-state index contributed by atoms with van der Waals surface area (Å²) in [4.78, 5) is 49.3. The Morgan fingerprint density at radius 1 is 1.24 bits per heavy atom. The van der Waals surface area contributed by atoms with E-state index in [1.54, 1.807) is 12.1 Å². The summed E-state index contributed by atoms with van der Waals surface area (Å²) in [5.41, 5.74) is 0. The number of hydrogen-bond acceptors (Lipinski definition) is 6. The minimum absolute atomic E-state index is 0.113. The number of rotatable bonds is 9. The topological polar surface area (TPSA) is 109 Å². The normalized spacial score (nSPS) is 14.8. The van der Waals surface area contributed by atoms with E-state index >= 15 is 0 Å². The van der Waals surface area contributed by atoms with Gasteiger partial charge in [-0.1, -0.05) is 0 Å². The molecule has 1 N–H and O–H groups in total. The van der Waals surface area contributed by atoms with Gasteiger partial charge in [0.2, 0.25) is 5.91 Å². The van der Waals surface area contributed by atoms with E-state index in [1.807, 2.05) is 13.8 Å². The van der Waals surface area contributed by atoms with E-state index in [2.05, 4.69) is 5.32 Å². The Labute approximate surface area is 144 Å². The van der Waals surface area contributed by atoms with Crippen molar-refractivity contribution in [2.45, 2.75) is 32.9 Å². The highest BCUT2D eigenvalue weighted by Crippen LogP contribution is 2.15. The zero-order valence-electron chi connectivity index (χ0n) is 14.2. The molecule has 0 bridgehead atoms. The van der Waals surface area contributed by atoms with E-state index in [0.29, 0.717) is 30.2 Å². The van der Waals surface area contributed by atoms with Crippen LogP contribution >= 0.6 is 0 Å². The molecular weight excluding hydrogens is 330 g/mol. The van der Waals surface area contributed by atoms with Crippen LogP contribution in [0.1, 0.15) is 26.0 Å². The first kappa shape index (κ1) is 18.7. The molecule has 0 spiro atoms. The molecule has 0 aromatic carbocycles. The third-order valence-corrected chi connectivity index (χ3v) is 3.43. The molecule has 1 aliphatic rings. The highest BCUT2D eigenvalue weighted by atomic mass is 16.5. The van der Waals surface area contributed by atoms with Gasteiger partial charge >= 0.3 is 17.8 Å². The lowest BCUT2D eigenvalue weighted by molar-refractivity contribution is -0.144. The second kappa shape index (κ2) is 8.43.